The molecule has 2 N–H and O–H groups in total. The molecule has 59 heavy (non-hydrogen) atoms. The molecule has 0 radical (unpaired) electrons. The number of nitrogens with one attached hydrogen (secondary N) is 2. The van der Waals surface area contributed by atoms with E-state index in [1.807, 2.05) is 115 Å². The number of fused-ring (bicyclic) bond motifs is 1. The van der Waals surface area contributed by atoms with Crippen molar-refractivity contribution in [1.29, 1.82) is 0 Å². The number of anilines is 1. The molecule has 2 amide bonds. The molecule has 2 aliphatic heterocycles. The molecule has 0 aliphatic carbocycles. The van der Waals surface area contributed by atoms with E-state index in [0.717, 1.165) is 27.8 Å². The van der Waals surface area contributed by atoms with Crippen LogP contribution in [-0.2, 0) is 29.5 Å². The Morgan fingerprint density at radius 2 is 1.34 bits per heavy atom. The van der Waals surface area contributed by atoms with Gasteiger partial charge in [0.15, 0.2) is 16.9 Å². The molecular formula is C46H38ClN5O5S2. The first kappa shape index (κ1) is 39.6. The zero-order valence-electron chi connectivity index (χ0n) is 31.7. The van der Waals surface area contributed by atoms with Gasteiger partial charge in [0.25, 0.3) is 11.8 Å². The number of carbonyl (C=O) groups is 3. The van der Waals surface area contributed by atoms with Gasteiger partial charge in [-0.2, -0.15) is 0 Å². The van der Waals surface area contributed by atoms with Gasteiger partial charge in [0, 0.05) is 17.0 Å². The number of benzene rings is 5. The summed E-state index contributed by atoms with van der Waals surface area (Å²) in [5.41, 5.74) is 4.46. The van der Waals surface area contributed by atoms with Crippen LogP contribution in [0.25, 0.3) is 0 Å². The first-order valence-corrected chi connectivity index (χ1v) is 21.3. The van der Waals surface area contributed by atoms with Crippen LogP contribution in [0.15, 0.2) is 173 Å². The van der Waals surface area contributed by atoms with Crippen LogP contribution in [0.5, 0.6) is 0 Å². The Morgan fingerprint density at radius 3 is 1.83 bits per heavy atom. The average molecular weight is 840 g/mol. The summed E-state index contributed by atoms with van der Waals surface area (Å²) >= 11 is 9.07. The number of esters is 1. The van der Waals surface area contributed by atoms with Gasteiger partial charge in [0.05, 0.1) is 0 Å². The fourth-order valence-electron chi connectivity index (χ4n) is 7.41. The summed E-state index contributed by atoms with van der Waals surface area (Å²) in [6.07, 6.45) is -0.725. The van der Waals surface area contributed by atoms with Crippen LogP contribution >= 0.6 is 34.7 Å². The summed E-state index contributed by atoms with van der Waals surface area (Å²) in [6, 6.07) is 48.1. The zero-order valence-corrected chi connectivity index (χ0v) is 34.1. The van der Waals surface area contributed by atoms with E-state index in [4.69, 9.17) is 26.2 Å². The normalized spacial score (nSPS) is 16.6. The molecule has 3 heterocycles. The highest BCUT2D eigenvalue weighted by Gasteiger charge is 2.55. The predicted molar refractivity (Wildman–Crippen MR) is 232 cm³/mol. The number of thiazole rings is 1. The standard InChI is InChI=1S/C46H38ClN5O5S2/c1-56-51-37(36-29-59-45(48-36)50-46(33-21-11-4-12-22-33,34-23-13-5-14-24-34)35-25-15-6-16-26-35)41(53)49-38-42(54)52-39(32(27-47)28-58-43(38)52)44(55)57-40(30-17-7-2-8-18-30)31-19-9-3-10-20-31/h2-26,29,38,40,43H,27-28H2,1H3,(H,48,50)(H,49,53)/t38?,43-/m1/s1. The number of hydrogen-bond donors (Lipinski definition) is 2. The Kier molecular flexibility index (Phi) is 11.9. The van der Waals surface area contributed by atoms with Gasteiger partial charge in [-0.15, -0.1) is 34.7 Å². The van der Waals surface area contributed by atoms with Gasteiger partial charge in [-0.05, 0) is 33.4 Å². The maximum absolute atomic E-state index is 14.1. The molecule has 6 aromatic rings. The Labute approximate surface area is 354 Å². The van der Waals surface area contributed by atoms with Crippen molar-refractivity contribution >= 4 is 63.3 Å². The minimum atomic E-state index is -0.966. The Hall–Kier alpha value is -6.21. The van der Waals surface area contributed by atoms with Crippen LogP contribution in [0.4, 0.5) is 5.13 Å². The average Bonchev–Trinajstić information content (AvgIpc) is 3.76. The first-order valence-electron chi connectivity index (χ1n) is 18.8. The molecule has 1 unspecified atom stereocenters. The highest BCUT2D eigenvalue weighted by molar-refractivity contribution is 8.00. The van der Waals surface area contributed by atoms with Gasteiger partial charge in [0.2, 0.25) is 0 Å². The lowest BCUT2D eigenvalue weighted by atomic mass is 9.77. The summed E-state index contributed by atoms with van der Waals surface area (Å²) in [5, 5.41) is 12.3. The third-order valence-corrected chi connectivity index (χ3v) is 12.6. The smallest absolute Gasteiger partial charge is 0.356 e. The molecule has 10 nitrogen and oxygen atoms in total. The maximum Gasteiger partial charge on any atom is 0.356 e. The molecule has 2 aliphatic rings. The number of carbonyl (C=O) groups excluding carboxylic acids is 3. The van der Waals surface area contributed by atoms with E-state index in [1.54, 1.807) is 5.38 Å². The van der Waals surface area contributed by atoms with Crippen molar-refractivity contribution in [2.24, 2.45) is 5.16 Å². The van der Waals surface area contributed by atoms with Gasteiger partial charge >= 0.3 is 5.97 Å². The lowest BCUT2D eigenvalue weighted by molar-refractivity contribution is -0.154. The zero-order chi connectivity index (χ0) is 40.8. The molecule has 1 fully saturated rings. The van der Waals surface area contributed by atoms with Crippen LogP contribution in [-0.4, -0.2) is 63.5 Å². The van der Waals surface area contributed by atoms with Crippen molar-refractivity contribution in [3.8, 4) is 0 Å². The first-order chi connectivity index (χ1) is 28.9. The number of rotatable bonds is 14. The number of oxime groups is 1. The summed E-state index contributed by atoms with van der Waals surface area (Å²) in [6.45, 7) is 0. The number of hydrogen-bond acceptors (Lipinski definition) is 10. The topological polar surface area (TPSA) is 122 Å². The van der Waals surface area contributed by atoms with Gasteiger partial charge < -0.3 is 20.2 Å². The number of halogens is 1. The van der Waals surface area contributed by atoms with Crippen molar-refractivity contribution < 1.29 is 24.0 Å². The predicted octanol–water partition coefficient (Wildman–Crippen LogP) is 8.12. The van der Waals surface area contributed by atoms with Gasteiger partial charge in [-0.25, -0.2) is 9.78 Å². The van der Waals surface area contributed by atoms with Gasteiger partial charge in [-0.1, -0.05) is 157 Å². The van der Waals surface area contributed by atoms with E-state index in [9.17, 15) is 14.4 Å². The Morgan fingerprint density at radius 1 is 0.831 bits per heavy atom. The number of aromatic nitrogens is 1. The second-order valence-electron chi connectivity index (χ2n) is 13.7. The number of thioether (sulfide) groups is 1. The third kappa shape index (κ3) is 7.86. The highest BCUT2D eigenvalue weighted by Crippen LogP contribution is 2.43. The lowest BCUT2D eigenvalue weighted by Gasteiger charge is -2.49. The maximum atomic E-state index is 14.1. The van der Waals surface area contributed by atoms with E-state index in [0.29, 0.717) is 16.5 Å². The summed E-state index contributed by atoms with van der Waals surface area (Å²) in [5.74, 6) is -1.42. The minimum Gasteiger partial charge on any atom is -0.448 e. The number of nitrogens with zero attached hydrogens (tertiary/aromatic N) is 3. The number of amides is 2. The quantitative estimate of drug-likeness (QED) is 0.0282. The van der Waals surface area contributed by atoms with E-state index < -0.39 is 40.8 Å². The van der Waals surface area contributed by atoms with E-state index in [-0.39, 0.29) is 23.0 Å². The van der Waals surface area contributed by atoms with Gasteiger partial charge in [-0.3, -0.25) is 14.5 Å². The number of alkyl halides is 1. The number of β-lactam (4-membered cyclic amide) rings is 1. The SMILES string of the molecule is CON=C(C(=O)NC1C(=O)N2C(C(=O)OC(c3ccccc3)c3ccccc3)=C(CCl)CS[C@H]12)c1csc(NC(c2ccccc2)(c2ccccc2)c2ccccc2)n1. The molecule has 0 spiro atoms. The summed E-state index contributed by atoms with van der Waals surface area (Å²) < 4.78 is 6.17. The van der Waals surface area contributed by atoms with Gasteiger partial charge in [0.1, 0.15) is 35.5 Å². The largest absolute Gasteiger partial charge is 0.448 e. The lowest BCUT2D eigenvalue weighted by Crippen LogP contribution is -2.71. The molecule has 2 atom stereocenters. The molecule has 1 saturated heterocycles. The van der Waals surface area contributed by atoms with E-state index in [2.05, 4.69) is 52.2 Å². The van der Waals surface area contributed by atoms with Crippen LogP contribution in [0.3, 0.4) is 0 Å². The molecule has 0 saturated carbocycles. The fraction of sp³-hybridized carbons (Fsp3) is 0.152. The Balaban J connectivity index is 1.03. The third-order valence-electron chi connectivity index (χ3n) is 10.2. The molecule has 0 bridgehead atoms. The van der Waals surface area contributed by atoms with Crippen LogP contribution < -0.4 is 10.6 Å². The van der Waals surface area contributed by atoms with E-state index in [1.165, 1.54) is 35.1 Å². The van der Waals surface area contributed by atoms with Crippen LogP contribution in [0.2, 0.25) is 0 Å². The summed E-state index contributed by atoms with van der Waals surface area (Å²) in [7, 11) is 1.34. The molecular weight excluding hydrogens is 802 g/mol. The molecule has 296 valence electrons. The monoisotopic (exact) mass is 839 g/mol. The van der Waals surface area contributed by atoms with Crippen LogP contribution in [0.1, 0.15) is 39.6 Å². The van der Waals surface area contributed by atoms with E-state index >= 15 is 0 Å². The molecule has 5 aromatic carbocycles. The van der Waals surface area contributed by atoms with Crippen molar-refractivity contribution in [3.05, 3.63) is 202 Å². The van der Waals surface area contributed by atoms with Crippen molar-refractivity contribution in [2.75, 3.05) is 24.1 Å². The number of ether oxygens (including phenoxy) is 1. The second-order valence-corrected chi connectivity index (χ2v) is 15.9. The second kappa shape index (κ2) is 17.7. The molecule has 1 aromatic heterocycles. The van der Waals surface area contributed by atoms with Crippen molar-refractivity contribution in [2.45, 2.75) is 23.1 Å². The minimum absolute atomic E-state index is 0.0250. The molecule has 8 rings (SSSR count). The fourth-order valence-corrected chi connectivity index (χ4v) is 9.84. The van der Waals surface area contributed by atoms with Crippen molar-refractivity contribution in [1.82, 2.24) is 15.2 Å². The Bertz CT molecular complexity index is 2350. The highest BCUT2D eigenvalue weighted by atomic mass is 35.5. The van der Waals surface area contributed by atoms with Crippen LogP contribution in [0, 0.1) is 0 Å². The molecule has 13 heteroatoms. The van der Waals surface area contributed by atoms with Crippen molar-refractivity contribution in [3.63, 3.8) is 0 Å². The summed E-state index contributed by atoms with van der Waals surface area (Å²) in [4.78, 5) is 53.4.